The van der Waals surface area contributed by atoms with Crippen molar-refractivity contribution >= 4 is 5.91 Å². The van der Waals surface area contributed by atoms with E-state index in [1.54, 1.807) is 13.0 Å². The molecule has 2 rings (SSSR count). The molecular formula is C14H18FNO3. The van der Waals surface area contributed by atoms with Gasteiger partial charge in [-0.05, 0) is 24.6 Å². The molecule has 0 radical (unpaired) electrons. The molecule has 1 saturated heterocycles. The summed E-state index contributed by atoms with van der Waals surface area (Å²) in [5.41, 5.74) is -0.187. The molecule has 104 valence electrons. The molecule has 1 aliphatic heterocycles. The fourth-order valence-electron chi connectivity index (χ4n) is 2.07. The third-order valence-corrected chi connectivity index (χ3v) is 3.37. The molecular weight excluding hydrogens is 249 g/mol. The highest BCUT2D eigenvalue weighted by Gasteiger charge is 2.30. The maximum atomic E-state index is 13.6. The van der Waals surface area contributed by atoms with E-state index in [0.29, 0.717) is 26.1 Å². The number of aryl methyl sites for hydroxylation is 1. The average molecular weight is 267 g/mol. The number of benzene rings is 1. The number of nitrogens with one attached hydrogen (secondary N) is 1. The molecule has 4 nitrogen and oxygen atoms in total. The third kappa shape index (κ3) is 3.52. The molecule has 1 aromatic rings. The smallest absolute Gasteiger partial charge is 0.254 e. The van der Waals surface area contributed by atoms with E-state index in [1.807, 2.05) is 0 Å². The van der Waals surface area contributed by atoms with E-state index in [0.717, 1.165) is 5.56 Å². The first-order valence-corrected chi connectivity index (χ1v) is 6.35. The first-order chi connectivity index (χ1) is 9.00. The van der Waals surface area contributed by atoms with Crippen LogP contribution in [-0.2, 0) is 4.74 Å². The minimum absolute atomic E-state index is 0.00117. The lowest BCUT2D eigenvalue weighted by Gasteiger charge is -2.32. The summed E-state index contributed by atoms with van der Waals surface area (Å²) in [5, 5.41) is 12.8. The Hall–Kier alpha value is -1.46. The highest BCUT2D eigenvalue weighted by Crippen LogP contribution is 2.19. The van der Waals surface area contributed by atoms with Crippen LogP contribution >= 0.6 is 0 Å². The van der Waals surface area contributed by atoms with Crippen molar-refractivity contribution in [3.8, 4) is 0 Å². The van der Waals surface area contributed by atoms with E-state index in [9.17, 15) is 14.3 Å². The Morgan fingerprint density at radius 3 is 2.79 bits per heavy atom. The van der Waals surface area contributed by atoms with Crippen molar-refractivity contribution in [2.75, 3.05) is 19.8 Å². The lowest BCUT2D eigenvalue weighted by atomic mass is 9.94. The zero-order valence-electron chi connectivity index (χ0n) is 10.9. The number of aliphatic hydroxyl groups is 1. The summed E-state index contributed by atoms with van der Waals surface area (Å²) < 4.78 is 18.8. The Labute approximate surface area is 111 Å². The van der Waals surface area contributed by atoms with Gasteiger partial charge in [0.05, 0.1) is 11.2 Å². The summed E-state index contributed by atoms with van der Waals surface area (Å²) in [6.07, 6.45) is 0.952. The minimum atomic E-state index is -0.949. The largest absolute Gasteiger partial charge is 0.388 e. The van der Waals surface area contributed by atoms with E-state index in [4.69, 9.17) is 4.74 Å². The van der Waals surface area contributed by atoms with Gasteiger partial charge in [0, 0.05) is 32.6 Å². The normalized spacial score (nSPS) is 18.1. The third-order valence-electron chi connectivity index (χ3n) is 3.37. The Bertz CT molecular complexity index is 470. The number of amides is 1. The molecule has 1 amide bonds. The maximum Gasteiger partial charge on any atom is 0.254 e. The molecule has 1 aliphatic rings. The molecule has 0 aliphatic carbocycles. The Kier molecular flexibility index (Phi) is 4.17. The Morgan fingerprint density at radius 1 is 1.47 bits per heavy atom. The summed E-state index contributed by atoms with van der Waals surface area (Å²) in [7, 11) is 0. The van der Waals surface area contributed by atoms with Gasteiger partial charge < -0.3 is 15.2 Å². The first-order valence-electron chi connectivity index (χ1n) is 6.35. The summed E-state index contributed by atoms with van der Waals surface area (Å²) in [5.74, 6) is -1.05. The first kappa shape index (κ1) is 14.0. The van der Waals surface area contributed by atoms with Crippen LogP contribution in [0.5, 0.6) is 0 Å². The second-order valence-corrected chi connectivity index (χ2v) is 5.00. The van der Waals surface area contributed by atoms with Crippen LogP contribution in [0.25, 0.3) is 0 Å². The number of hydrogen-bond donors (Lipinski definition) is 2. The predicted molar refractivity (Wildman–Crippen MR) is 68.5 cm³/mol. The van der Waals surface area contributed by atoms with Crippen molar-refractivity contribution in [2.24, 2.45) is 0 Å². The van der Waals surface area contributed by atoms with Crippen LogP contribution in [0, 0.1) is 12.7 Å². The van der Waals surface area contributed by atoms with Crippen molar-refractivity contribution in [1.82, 2.24) is 5.32 Å². The van der Waals surface area contributed by atoms with Crippen molar-refractivity contribution in [2.45, 2.75) is 25.4 Å². The van der Waals surface area contributed by atoms with Crippen molar-refractivity contribution in [1.29, 1.82) is 0 Å². The zero-order valence-corrected chi connectivity index (χ0v) is 10.9. The van der Waals surface area contributed by atoms with Gasteiger partial charge >= 0.3 is 0 Å². The van der Waals surface area contributed by atoms with Crippen LogP contribution in [0.3, 0.4) is 0 Å². The number of carbonyl (C=O) groups excluding carboxylic acids is 1. The quantitative estimate of drug-likeness (QED) is 0.870. The van der Waals surface area contributed by atoms with Crippen molar-refractivity contribution in [3.63, 3.8) is 0 Å². The van der Waals surface area contributed by atoms with E-state index >= 15 is 0 Å². The van der Waals surface area contributed by atoms with Gasteiger partial charge in [-0.1, -0.05) is 6.07 Å². The molecule has 0 atom stereocenters. The number of rotatable bonds is 3. The molecule has 1 fully saturated rings. The standard InChI is InChI=1S/C14H18FNO3/c1-10-2-3-11(12(15)8-10)13(17)16-9-14(18)4-6-19-7-5-14/h2-3,8,18H,4-7,9H2,1H3,(H,16,17). The van der Waals surface area contributed by atoms with Gasteiger partial charge in [-0.25, -0.2) is 4.39 Å². The molecule has 0 saturated carbocycles. The lowest BCUT2D eigenvalue weighted by Crippen LogP contribution is -2.46. The van der Waals surface area contributed by atoms with E-state index in [2.05, 4.69) is 5.32 Å². The van der Waals surface area contributed by atoms with Crippen LogP contribution < -0.4 is 5.32 Å². The predicted octanol–water partition coefficient (Wildman–Crippen LogP) is 1.41. The molecule has 2 N–H and O–H groups in total. The summed E-state index contributed by atoms with van der Waals surface area (Å²) in [4.78, 5) is 11.9. The molecule has 0 spiro atoms. The fourth-order valence-corrected chi connectivity index (χ4v) is 2.07. The van der Waals surface area contributed by atoms with Gasteiger partial charge in [0.2, 0.25) is 0 Å². The van der Waals surface area contributed by atoms with Gasteiger partial charge in [-0.2, -0.15) is 0 Å². The van der Waals surface area contributed by atoms with E-state index in [1.165, 1.54) is 12.1 Å². The summed E-state index contributed by atoms with van der Waals surface area (Å²) >= 11 is 0. The molecule has 19 heavy (non-hydrogen) atoms. The monoisotopic (exact) mass is 267 g/mol. The minimum Gasteiger partial charge on any atom is -0.388 e. The topological polar surface area (TPSA) is 58.6 Å². The van der Waals surface area contributed by atoms with Gasteiger partial charge in [0.25, 0.3) is 5.91 Å². The SMILES string of the molecule is Cc1ccc(C(=O)NCC2(O)CCOCC2)c(F)c1. The number of ether oxygens (including phenoxy) is 1. The summed E-state index contributed by atoms with van der Waals surface area (Å²) in [6, 6.07) is 4.45. The molecule has 0 unspecified atom stereocenters. The molecule has 0 aromatic heterocycles. The van der Waals surface area contributed by atoms with Gasteiger partial charge in [-0.15, -0.1) is 0 Å². The van der Waals surface area contributed by atoms with Crippen LogP contribution in [-0.4, -0.2) is 36.4 Å². The van der Waals surface area contributed by atoms with Gasteiger partial charge in [0.1, 0.15) is 5.82 Å². The Balaban J connectivity index is 1.97. The zero-order chi connectivity index (χ0) is 13.9. The highest BCUT2D eigenvalue weighted by atomic mass is 19.1. The second-order valence-electron chi connectivity index (χ2n) is 5.00. The van der Waals surface area contributed by atoms with Crippen molar-refractivity contribution in [3.05, 3.63) is 35.1 Å². The number of halogens is 1. The highest BCUT2D eigenvalue weighted by molar-refractivity contribution is 5.94. The maximum absolute atomic E-state index is 13.6. The molecule has 1 aromatic carbocycles. The van der Waals surface area contributed by atoms with Crippen LogP contribution in [0.15, 0.2) is 18.2 Å². The molecule has 5 heteroatoms. The van der Waals surface area contributed by atoms with Crippen LogP contribution in [0.4, 0.5) is 4.39 Å². The second kappa shape index (κ2) is 5.67. The molecule has 1 heterocycles. The van der Waals surface area contributed by atoms with Crippen LogP contribution in [0.2, 0.25) is 0 Å². The van der Waals surface area contributed by atoms with Gasteiger partial charge in [-0.3, -0.25) is 4.79 Å². The average Bonchev–Trinajstić information content (AvgIpc) is 2.37. The molecule has 0 bridgehead atoms. The van der Waals surface area contributed by atoms with Crippen LogP contribution in [0.1, 0.15) is 28.8 Å². The number of hydrogen-bond acceptors (Lipinski definition) is 3. The van der Waals surface area contributed by atoms with Gasteiger partial charge in [0.15, 0.2) is 0 Å². The summed E-state index contributed by atoms with van der Waals surface area (Å²) in [6.45, 7) is 2.83. The fraction of sp³-hybridized carbons (Fsp3) is 0.500. The van der Waals surface area contributed by atoms with E-state index in [-0.39, 0.29) is 12.1 Å². The lowest BCUT2D eigenvalue weighted by molar-refractivity contribution is -0.0605. The van der Waals surface area contributed by atoms with E-state index < -0.39 is 17.3 Å². The Morgan fingerprint density at radius 2 is 2.16 bits per heavy atom. The number of carbonyl (C=O) groups is 1. The van der Waals surface area contributed by atoms with Crippen molar-refractivity contribution < 1.29 is 19.0 Å².